The van der Waals surface area contributed by atoms with E-state index in [0.717, 1.165) is 14.8 Å². The normalized spacial score (nSPS) is 10.2. The van der Waals surface area contributed by atoms with Crippen molar-refractivity contribution < 1.29 is 4.79 Å². The zero-order valence-electron chi connectivity index (χ0n) is 9.71. The van der Waals surface area contributed by atoms with Crippen molar-refractivity contribution in [2.45, 2.75) is 6.92 Å². The molecule has 0 bridgehead atoms. The van der Waals surface area contributed by atoms with E-state index < -0.39 is 0 Å². The number of hydrogen-bond donors (Lipinski definition) is 1. The van der Waals surface area contributed by atoms with E-state index in [0.29, 0.717) is 10.6 Å². The van der Waals surface area contributed by atoms with E-state index in [1.807, 2.05) is 31.2 Å². The fourth-order valence-corrected chi connectivity index (χ4v) is 2.71. The zero-order valence-corrected chi connectivity index (χ0v) is 12.6. The van der Waals surface area contributed by atoms with Gasteiger partial charge in [0.2, 0.25) is 0 Å². The molecule has 0 heterocycles. The van der Waals surface area contributed by atoms with Gasteiger partial charge in [-0.2, -0.15) is 0 Å². The average molecular weight is 372 g/mol. The summed E-state index contributed by atoms with van der Waals surface area (Å²) in [4.78, 5) is 12.1. The molecule has 2 rings (SSSR count). The molecule has 0 radical (unpaired) electrons. The Morgan fingerprint density at radius 2 is 2.00 bits per heavy atom. The summed E-state index contributed by atoms with van der Waals surface area (Å²) >= 11 is 7.97. The molecule has 0 unspecified atom stereocenters. The minimum atomic E-state index is -0.123. The summed E-state index contributed by atoms with van der Waals surface area (Å²) in [6.45, 7) is 1.99. The first kappa shape index (κ1) is 13.4. The highest BCUT2D eigenvalue weighted by Crippen LogP contribution is 2.19. The Morgan fingerprint density at radius 1 is 1.22 bits per heavy atom. The third kappa shape index (κ3) is 3.23. The van der Waals surface area contributed by atoms with Crippen LogP contribution in [0.3, 0.4) is 0 Å². The van der Waals surface area contributed by atoms with E-state index >= 15 is 0 Å². The van der Waals surface area contributed by atoms with Gasteiger partial charge in [0.1, 0.15) is 0 Å². The molecule has 2 aromatic carbocycles. The van der Waals surface area contributed by atoms with E-state index in [-0.39, 0.29) is 5.91 Å². The van der Waals surface area contributed by atoms with Crippen molar-refractivity contribution in [3.05, 3.63) is 62.2 Å². The minimum Gasteiger partial charge on any atom is -0.322 e. The quantitative estimate of drug-likeness (QED) is 0.774. The number of aryl methyl sites for hydroxylation is 1. The first-order valence-electron chi connectivity index (χ1n) is 5.39. The number of amides is 1. The Balaban J connectivity index is 2.22. The molecule has 0 atom stereocenters. The molecule has 92 valence electrons. The zero-order chi connectivity index (χ0) is 13.1. The molecule has 0 fully saturated rings. The third-order valence-electron chi connectivity index (χ3n) is 2.45. The lowest BCUT2D eigenvalue weighted by molar-refractivity contribution is 0.102. The van der Waals surface area contributed by atoms with Crippen molar-refractivity contribution in [3.8, 4) is 0 Å². The summed E-state index contributed by atoms with van der Waals surface area (Å²) < 4.78 is 0.838. The summed E-state index contributed by atoms with van der Waals surface area (Å²) in [5, 5.41) is 3.50. The van der Waals surface area contributed by atoms with Crippen LogP contribution in [0, 0.1) is 10.5 Å². The molecule has 0 aliphatic rings. The first-order valence-corrected chi connectivity index (χ1v) is 6.85. The second kappa shape index (κ2) is 5.71. The number of carbonyl (C=O) groups excluding carboxylic acids is 1. The number of halogens is 2. The maximum absolute atomic E-state index is 12.1. The largest absolute Gasteiger partial charge is 0.322 e. The lowest BCUT2D eigenvalue weighted by Gasteiger charge is -2.07. The number of hydrogen-bond acceptors (Lipinski definition) is 1. The molecule has 0 spiro atoms. The van der Waals surface area contributed by atoms with Crippen molar-refractivity contribution in [3.63, 3.8) is 0 Å². The van der Waals surface area contributed by atoms with Gasteiger partial charge in [-0.1, -0.05) is 23.7 Å². The molecule has 4 heteroatoms. The standard InChI is InChI=1S/C14H11ClINO/c1-9-3-2-4-11(7-9)17-14(18)12-6-5-10(15)8-13(12)16/h2-8H,1H3,(H,17,18). The van der Waals surface area contributed by atoms with Gasteiger partial charge in [-0.15, -0.1) is 0 Å². The Kier molecular flexibility index (Phi) is 4.24. The molecular weight excluding hydrogens is 361 g/mol. The van der Waals surface area contributed by atoms with Crippen molar-refractivity contribution in [1.82, 2.24) is 0 Å². The van der Waals surface area contributed by atoms with Gasteiger partial charge in [-0.05, 0) is 65.4 Å². The average Bonchev–Trinajstić information content (AvgIpc) is 2.28. The Hall–Kier alpha value is -1.07. The highest BCUT2D eigenvalue weighted by atomic mass is 127. The second-order valence-corrected chi connectivity index (χ2v) is 5.55. The van der Waals surface area contributed by atoms with Crippen molar-refractivity contribution in [2.24, 2.45) is 0 Å². The third-order valence-corrected chi connectivity index (χ3v) is 3.58. The SMILES string of the molecule is Cc1cccc(NC(=O)c2ccc(Cl)cc2I)c1. The smallest absolute Gasteiger partial charge is 0.256 e. The number of nitrogens with one attached hydrogen (secondary N) is 1. The summed E-state index contributed by atoms with van der Waals surface area (Å²) in [6, 6.07) is 12.9. The lowest BCUT2D eigenvalue weighted by Crippen LogP contribution is -2.13. The topological polar surface area (TPSA) is 29.1 Å². The molecule has 18 heavy (non-hydrogen) atoms. The molecular formula is C14H11ClINO. The Bertz CT molecular complexity index is 598. The van der Waals surface area contributed by atoms with Crippen LogP contribution in [0.4, 0.5) is 5.69 Å². The van der Waals surface area contributed by atoms with Gasteiger partial charge in [0, 0.05) is 14.3 Å². The summed E-state index contributed by atoms with van der Waals surface area (Å²) in [5.41, 5.74) is 2.53. The van der Waals surface area contributed by atoms with E-state index in [4.69, 9.17) is 11.6 Å². The predicted molar refractivity (Wildman–Crippen MR) is 83.3 cm³/mol. The first-order chi connectivity index (χ1) is 8.56. The molecule has 0 saturated carbocycles. The van der Waals surface area contributed by atoms with E-state index in [2.05, 4.69) is 27.9 Å². The molecule has 0 aliphatic carbocycles. The van der Waals surface area contributed by atoms with Gasteiger partial charge in [0.15, 0.2) is 0 Å². The van der Waals surface area contributed by atoms with Gasteiger partial charge in [0.25, 0.3) is 5.91 Å². The van der Waals surface area contributed by atoms with E-state index in [9.17, 15) is 4.79 Å². The van der Waals surface area contributed by atoms with Gasteiger partial charge < -0.3 is 5.32 Å². The molecule has 2 nitrogen and oxygen atoms in total. The lowest BCUT2D eigenvalue weighted by atomic mass is 10.2. The van der Waals surface area contributed by atoms with Crippen LogP contribution in [-0.2, 0) is 0 Å². The van der Waals surface area contributed by atoms with Crippen LogP contribution in [0.2, 0.25) is 5.02 Å². The van der Waals surface area contributed by atoms with Crippen LogP contribution < -0.4 is 5.32 Å². The summed E-state index contributed by atoms with van der Waals surface area (Å²) in [5.74, 6) is -0.123. The van der Waals surface area contributed by atoms with E-state index in [1.165, 1.54) is 0 Å². The molecule has 1 N–H and O–H groups in total. The highest BCUT2D eigenvalue weighted by molar-refractivity contribution is 14.1. The fraction of sp³-hybridized carbons (Fsp3) is 0.0714. The predicted octanol–water partition coefficient (Wildman–Crippen LogP) is 4.51. The maximum atomic E-state index is 12.1. The van der Waals surface area contributed by atoms with Crippen molar-refractivity contribution in [1.29, 1.82) is 0 Å². The van der Waals surface area contributed by atoms with Crippen LogP contribution in [0.25, 0.3) is 0 Å². The Morgan fingerprint density at radius 3 is 2.67 bits per heavy atom. The van der Waals surface area contributed by atoms with Gasteiger partial charge in [0.05, 0.1) is 5.56 Å². The van der Waals surface area contributed by atoms with Crippen LogP contribution >= 0.6 is 34.2 Å². The minimum absolute atomic E-state index is 0.123. The molecule has 1 amide bonds. The number of anilines is 1. The highest BCUT2D eigenvalue weighted by Gasteiger charge is 2.10. The van der Waals surface area contributed by atoms with Crippen molar-refractivity contribution >= 4 is 45.8 Å². The fourth-order valence-electron chi connectivity index (χ4n) is 1.59. The molecule has 0 aromatic heterocycles. The number of carbonyl (C=O) groups is 1. The number of rotatable bonds is 2. The van der Waals surface area contributed by atoms with Gasteiger partial charge >= 0.3 is 0 Å². The van der Waals surface area contributed by atoms with Gasteiger partial charge in [-0.25, -0.2) is 0 Å². The molecule has 0 saturated heterocycles. The number of benzene rings is 2. The van der Waals surface area contributed by atoms with E-state index in [1.54, 1.807) is 18.2 Å². The van der Waals surface area contributed by atoms with Crippen LogP contribution in [0.1, 0.15) is 15.9 Å². The molecule has 0 aliphatic heterocycles. The van der Waals surface area contributed by atoms with Crippen LogP contribution in [0.5, 0.6) is 0 Å². The monoisotopic (exact) mass is 371 g/mol. The Labute approximate surface area is 124 Å². The maximum Gasteiger partial charge on any atom is 0.256 e. The summed E-state index contributed by atoms with van der Waals surface area (Å²) in [6.07, 6.45) is 0. The summed E-state index contributed by atoms with van der Waals surface area (Å²) in [7, 11) is 0. The van der Waals surface area contributed by atoms with Crippen LogP contribution in [0.15, 0.2) is 42.5 Å². The van der Waals surface area contributed by atoms with Crippen molar-refractivity contribution in [2.75, 3.05) is 5.32 Å². The second-order valence-electron chi connectivity index (χ2n) is 3.95. The molecule has 2 aromatic rings. The van der Waals surface area contributed by atoms with Crippen LogP contribution in [-0.4, -0.2) is 5.91 Å². The van der Waals surface area contributed by atoms with Gasteiger partial charge in [-0.3, -0.25) is 4.79 Å².